The van der Waals surface area contributed by atoms with Gasteiger partial charge in [0, 0.05) is 57.4 Å². The van der Waals surface area contributed by atoms with E-state index in [9.17, 15) is 14.4 Å². The van der Waals surface area contributed by atoms with Crippen molar-refractivity contribution in [2.45, 2.75) is 56.7 Å². The highest BCUT2D eigenvalue weighted by molar-refractivity contribution is 6.00. The van der Waals surface area contributed by atoms with E-state index in [-0.39, 0.29) is 30.4 Å². The Morgan fingerprint density at radius 1 is 0.789 bits per heavy atom. The van der Waals surface area contributed by atoms with Gasteiger partial charge in [-0.1, -0.05) is 0 Å². The van der Waals surface area contributed by atoms with Crippen LogP contribution >= 0.6 is 12.4 Å². The number of piperazine rings is 1. The number of aromatic nitrogens is 2. The van der Waals surface area contributed by atoms with Gasteiger partial charge in [0.1, 0.15) is 6.04 Å². The number of benzene rings is 1. The van der Waals surface area contributed by atoms with Gasteiger partial charge in [-0.25, -0.2) is 4.79 Å². The number of imide groups is 1. The molecule has 2 amide bonds. The van der Waals surface area contributed by atoms with Crippen LogP contribution in [0.15, 0.2) is 23.0 Å². The minimum atomic E-state index is -0.649. The van der Waals surface area contributed by atoms with Crippen molar-refractivity contribution in [3.8, 4) is 0 Å². The number of carbonyl (C=O) groups is 2. The summed E-state index contributed by atoms with van der Waals surface area (Å²) in [6, 6.07) is 6.91. The second kappa shape index (κ2) is 11.4. The monoisotopic (exact) mass is 545 g/mol. The number of hydrogen-bond acceptors (Lipinski definition) is 7. The fourth-order valence-electron chi connectivity index (χ4n) is 6.91. The molecular weight excluding hydrogens is 506 g/mol. The van der Waals surface area contributed by atoms with Gasteiger partial charge in [-0.05, 0) is 76.5 Å². The van der Waals surface area contributed by atoms with E-state index in [2.05, 4.69) is 37.5 Å². The summed E-state index contributed by atoms with van der Waals surface area (Å²) in [6.07, 6.45) is 5.72. The number of hydrogen-bond donors (Lipinski definition) is 2. The van der Waals surface area contributed by atoms with Gasteiger partial charge in [0.15, 0.2) is 0 Å². The van der Waals surface area contributed by atoms with Crippen LogP contribution in [-0.4, -0.2) is 95.2 Å². The summed E-state index contributed by atoms with van der Waals surface area (Å²) in [4.78, 5) is 45.0. The maximum absolute atomic E-state index is 13.1. The van der Waals surface area contributed by atoms with Gasteiger partial charge in [-0.15, -0.1) is 12.4 Å². The van der Waals surface area contributed by atoms with E-state index in [0.29, 0.717) is 12.5 Å². The molecule has 6 rings (SSSR count). The zero-order valence-corrected chi connectivity index (χ0v) is 23.0. The average Bonchev–Trinajstić information content (AvgIpc) is 3.18. The van der Waals surface area contributed by atoms with Gasteiger partial charge in [0.25, 0.3) is 0 Å². The first kappa shape index (κ1) is 27.2. The summed E-state index contributed by atoms with van der Waals surface area (Å²) in [5.74, 6) is -0.670. The highest BCUT2D eigenvalue weighted by Gasteiger charge is 2.33. The van der Waals surface area contributed by atoms with Gasteiger partial charge in [-0.2, -0.15) is 0 Å². The molecule has 4 fully saturated rings. The molecule has 5 heterocycles. The number of halogens is 1. The van der Waals surface area contributed by atoms with E-state index >= 15 is 0 Å². The number of nitrogens with one attached hydrogen (secondary N) is 2. The Morgan fingerprint density at radius 2 is 1.45 bits per heavy atom. The molecule has 10 nitrogen and oxygen atoms in total. The van der Waals surface area contributed by atoms with Crippen LogP contribution < -0.4 is 21.2 Å². The van der Waals surface area contributed by atoms with Crippen LogP contribution in [0.2, 0.25) is 0 Å². The van der Waals surface area contributed by atoms with E-state index < -0.39 is 11.9 Å². The van der Waals surface area contributed by atoms with Crippen molar-refractivity contribution in [3.63, 3.8) is 0 Å². The van der Waals surface area contributed by atoms with Crippen LogP contribution in [0.5, 0.6) is 0 Å². The molecule has 2 aromatic rings. The molecule has 1 aromatic heterocycles. The Labute approximate surface area is 229 Å². The van der Waals surface area contributed by atoms with Gasteiger partial charge in [0.2, 0.25) is 11.8 Å². The summed E-state index contributed by atoms with van der Waals surface area (Å²) >= 11 is 0. The number of carbonyl (C=O) groups excluding carboxylic acids is 2. The van der Waals surface area contributed by atoms with E-state index in [0.717, 1.165) is 62.0 Å². The van der Waals surface area contributed by atoms with Crippen LogP contribution in [0.4, 0.5) is 5.69 Å². The zero-order chi connectivity index (χ0) is 25.5. The lowest BCUT2D eigenvalue weighted by atomic mass is 9.97. The van der Waals surface area contributed by atoms with E-state index in [1.54, 1.807) is 16.2 Å². The summed E-state index contributed by atoms with van der Waals surface area (Å²) in [6.45, 7) is 8.85. The summed E-state index contributed by atoms with van der Waals surface area (Å²) in [7, 11) is 1.75. The SMILES string of the molecule is Cl.Cn1c(=O)n(C2CCC(=O)NC2=O)c2ccc(N3CCN(C4CCN(C5CCNCC5)CC4)CC3)cc21. The highest BCUT2D eigenvalue weighted by atomic mass is 35.5. The summed E-state index contributed by atoms with van der Waals surface area (Å²) in [5.41, 5.74) is 2.45. The van der Waals surface area contributed by atoms with Gasteiger partial charge >= 0.3 is 5.69 Å². The molecule has 1 unspecified atom stereocenters. The molecule has 1 aromatic carbocycles. The molecule has 0 bridgehead atoms. The molecule has 2 N–H and O–H groups in total. The minimum Gasteiger partial charge on any atom is -0.369 e. The second-order valence-electron chi connectivity index (χ2n) is 11.1. The summed E-state index contributed by atoms with van der Waals surface area (Å²) < 4.78 is 3.17. The second-order valence-corrected chi connectivity index (χ2v) is 11.1. The molecule has 0 aliphatic carbocycles. The standard InChI is InChI=1S/C27H39N7O3.ClH/c1-30-24-18-21(2-3-22(24)34(27(30)37)23-4-5-25(35)29-26(23)36)33-16-14-32(15-17-33)20-8-12-31(13-9-20)19-6-10-28-11-7-19;/h2-3,18-20,23,28H,4-17H2,1H3,(H,29,35,36);1H. The van der Waals surface area contributed by atoms with Crippen molar-refractivity contribution in [2.75, 3.05) is 57.3 Å². The largest absolute Gasteiger partial charge is 0.369 e. The van der Waals surface area contributed by atoms with Crippen molar-refractivity contribution >= 4 is 40.9 Å². The molecule has 11 heteroatoms. The number of rotatable bonds is 4. The van der Waals surface area contributed by atoms with Crippen molar-refractivity contribution in [2.24, 2.45) is 7.05 Å². The lowest BCUT2D eigenvalue weighted by Gasteiger charge is -2.45. The van der Waals surface area contributed by atoms with Gasteiger partial charge in [0.05, 0.1) is 11.0 Å². The molecule has 4 aliphatic rings. The first-order valence-corrected chi connectivity index (χ1v) is 14.0. The van der Waals surface area contributed by atoms with E-state index in [4.69, 9.17) is 0 Å². The molecule has 4 saturated heterocycles. The third kappa shape index (κ3) is 5.11. The van der Waals surface area contributed by atoms with Crippen LogP contribution in [0, 0.1) is 0 Å². The zero-order valence-electron chi connectivity index (χ0n) is 22.2. The first-order chi connectivity index (χ1) is 18.0. The van der Waals surface area contributed by atoms with Crippen molar-refractivity contribution in [1.82, 2.24) is 29.6 Å². The number of likely N-dealkylation sites (tertiary alicyclic amines) is 1. The van der Waals surface area contributed by atoms with Crippen molar-refractivity contribution in [3.05, 3.63) is 28.7 Å². The number of fused-ring (bicyclic) bond motifs is 1. The van der Waals surface area contributed by atoms with Crippen LogP contribution in [0.3, 0.4) is 0 Å². The minimum absolute atomic E-state index is 0. The molecular formula is C27H40ClN7O3. The number of nitrogens with zero attached hydrogens (tertiary/aromatic N) is 5. The third-order valence-corrected chi connectivity index (χ3v) is 9.11. The molecule has 208 valence electrons. The highest BCUT2D eigenvalue weighted by Crippen LogP contribution is 2.28. The van der Waals surface area contributed by atoms with Crippen LogP contribution in [0.1, 0.15) is 44.6 Å². The lowest BCUT2D eigenvalue weighted by molar-refractivity contribution is -0.135. The molecule has 0 radical (unpaired) electrons. The van der Waals surface area contributed by atoms with Crippen LogP contribution in [-0.2, 0) is 16.6 Å². The quantitative estimate of drug-likeness (QED) is 0.555. The van der Waals surface area contributed by atoms with Gasteiger partial charge < -0.3 is 15.1 Å². The smallest absolute Gasteiger partial charge is 0.329 e. The van der Waals surface area contributed by atoms with Crippen molar-refractivity contribution < 1.29 is 9.59 Å². The summed E-state index contributed by atoms with van der Waals surface area (Å²) in [5, 5.41) is 5.86. The fourth-order valence-corrected chi connectivity index (χ4v) is 6.91. The van der Waals surface area contributed by atoms with E-state index in [1.165, 1.54) is 38.8 Å². The van der Waals surface area contributed by atoms with E-state index in [1.807, 2.05) is 6.07 Å². The Kier molecular flexibility index (Phi) is 8.14. The molecule has 1 atom stereocenters. The molecule has 38 heavy (non-hydrogen) atoms. The Balaban J connectivity index is 0.00000294. The predicted octanol–water partition coefficient (Wildman–Crippen LogP) is 1.08. The predicted molar refractivity (Wildman–Crippen MR) is 150 cm³/mol. The molecule has 0 saturated carbocycles. The molecule has 0 spiro atoms. The maximum atomic E-state index is 13.1. The number of amides is 2. The fraction of sp³-hybridized carbons (Fsp3) is 0.667. The number of aryl methyl sites for hydroxylation is 1. The Hall–Kier alpha value is -2.40. The maximum Gasteiger partial charge on any atom is 0.329 e. The number of piperidine rings is 3. The van der Waals surface area contributed by atoms with Crippen LogP contribution in [0.25, 0.3) is 11.0 Å². The lowest BCUT2D eigenvalue weighted by Crippen LogP contribution is -2.55. The topological polar surface area (TPSA) is 94.8 Å². The van der Waals surface area contributed by atoms with Crippen molar-refractivity contribution in [1.29, 1.82) is 0 Å². The molecule has 4 aliphatic heterocycles. The first-order valence-electron chi connectivity index (χ1n) is 14.0. The normalized spacial score (nSPS) is 25.0. The number of imidazole rings is 1. The Bertz CT molecular complexity index is 1220. The number of anilines is 1. The average molecular weight is 546 g/mol. The Morgan fingerprint density at radius 3 is 2.13 bits per heavy atom. The third-order valence-electron chi connectivity index (χ3n) is 9.11. The van der Waals surface area contributed by atoms with Gasteiger partial charge in [-0.3, -0.25) is 28.9 Å².